The predicted molar refractivity (Wildman–Crippen MR) is 78.6 cm³/mol. The number of sulfone groups is 1. The first-order chi connectivity index (χ1) is 9.84. The molecule has 0 aliphatic carbocycles. The molecule has 0 amide bonds. The lowest BCUT2D eigenvalue weighted by Gasteiger charge is -1.99. The Morgan fingerprint density at radius 2 is 1.95 bits per heavy atom. The molecule has 108 valence electrons. The van der Waals surface area contributed by atoms with Gasteiger partial charge in [0.25, 0.3) is 0 Å². The van der Waals surface area contributed by atoms with Gasteiger partial charge in [-0.1, -0.05) is 0 Å². The van der Waals surface area contributed by atoms with Gasteiger partial charge in [-0.3, -0.25) is 0 Å². The molecule has 0 aliphatic rings. The summed E-state index contributed by atoms with van der Waals surface area (Å²) in [5, 5.41) is 9.61. The number of aromatic nitrogens is 1. The van der Waals surface area contributed by atoms with Crippen molar-refractivity contribution in [3.63, 3.8) is 0 Å². The van der Waals surface area contributed by atoms with E-state index >= 15 is 0 Å². The molecule has 0 fully saturated rings. The van der Waals surface area contributed by atoms with Gasteiger partial charge >= 0.3 is 0 Å². The molecule has 3 aromatic rings. The molecule has 0 spiro atoms. The van der Waals surface area contributed by atoms with Crippen LogP contribution < -0.4 is 5.73 Å². The van der Waals surface area contributed by atoms with Gasteiger partial charge in [-0.25, -0.2) is 13.4 Å². The van der Waals surface area contributed by atoms with Gasteiger partial charge in [0.1, 0.15) is 11.3 Å². The third-order valence-electron chi connectivity index (χ3n) is 3.06. The number of nitrogens with zero attached hydrogens (tertiary/aromatic N) is 1. The maximum Gasteiger partial charge on any atom is 0.227 e. The monoisotopic (exact) mass is 304 g/mol. The lowest BCUT2D eigenvalue weighted by Crippen LogP contribution is -1.95. The molecule has 0 unspecified atom stereocenters. The molecule has 3 rings (SSSR count). The summed E-state index contributed by atoms with van der Waals surface area (Å²) in [6.45, 7) is 0. The summed E-state index contributed by atoms with van der Waals surface area (Å²) in [6.07, 6.45) is 1.13. The highest BCUT2D eigenvalue weighted by atomic mass is 32.2. The lowest BCUT2D eigenvalue weighted by molar-refractivity contribution is 0.478. The Labute approximate surface area is 120 Å². The predicted octanol–water partition coefficient (Wildman–Crippen LogP) is 2.19. The zero-order valence-electron chi connectivity index (χ0n) is 11.1. The van der Waals surface area contributed by atoms with Crippen molar-refractivity contribution >= 4 is 26.6 Å². The second kappa shape index (κ2) is 4.49. The largest absolute Gasteiger partial charge is 0.506 e. The second-order valence-corrected chi connectivity index (χ2v) is 6.71. The molecule has 0 bridgehead atoms. The number of rotatable bonds is 2. The minimum atomic E-state index is -3.30. The minimum absolute atomic E-state index is 0.0634. The first-order valence-electron chi connectivity index (χ1n) is 6.04. The van der Waals surface area contributed by atoms with Crippen molar-refractivity contribution in [1.82, 2.24) is 4.98 Å². The lowest BCUT2D eigenvalue weighted by atomic mass is 10.2. The summed E-state index contributed by atoms with van der Waals surface area (Å²) in [6, 6.07) is 9.12. The third kappa shape index (κ3) is 2.43. The van der Waals surface area contributed by atoms with Gasteiger partial charge < -0.3 is 15.3 Å². The smallest absolute Gasteiger partial charge is 0.227 e. The Kier molecular flexibility index (Phi) is 2.87. The summed E-state index contributed by atoms with van der Waals surface area (Å²) in [5.74, 6) is 0.220. The van der Waals surface area contributed by atoms with E-state index < -0.39 is 9.84 Å². The molecule has 0 saturated heterocycles. The van der Waals surface area contributed by atoms with Crippen molar-refractivity contribution < 1.29 is 17.9 Å². The number of nitrogen functional groups attached to an aromatic ring is 1. The average molecular weight is 304 g/mol. The van der Waals surface area contributed by atoms with Crippen LogP contribution in [0.2, 0.25) is 0 Å². The number of anilines is 1. The molecule has 7 heteroatoms. The molecular formula is C14H12N2O4S. The van der Waals surface area contributed by atoms with E-state index in [2.05, 4.69) is 4.98 Å². The topological polar surface area (TPSA) is 106 Å². The standard InChI is InChI=1S/C14H12N2O4S/c1-21(18,19)9-3-5-13-11(7-9)16-14(20-13)8-2-4-10(15)12(17)6-8/h2-7,17H,15H2,1H3. The number of benzene rings is 2. The van der Waals surface area contributed by atoms with Gasteiger partial charge in [0.05, 0.1) is 10.6 Å². The van der Waals surface area contributed by atoms with Crippen LogP contribution >= 0.6 is 0 Å². The van der Waals surface area contributed by atoms with Gasteiger partial charge in [-0.15, -0.1) is 0 Å². The van der Waals surface area contributed by atoms with Gasteiger partial charge in [0.15, 0.2) is 15.4 Å². The van der Waals surface area contributed by atoms with Crippen molar-refractivity contribution in [2.45, 2.75) is 4.90 Å². The van der Waals surface area contributed by atoms with Crippen LogP contribution in [0.3, 0.4) is 0 Å². The minimum Gasteiger partial charge on any atom is -0.506 e. The molecule has 0 saturated carbocycles. The summed E-state index contributed by atoms with van der Waals surface area (Å²) >= 11 is 0. The quantitative estimate of drug-likeness (QED) is 0.555. The number of nitrogens with two attached hydrogens (primary N) is 1. The molecule has 6 nitrogen and oxygen atoms in total. The summed E-state index contributed by atoms with van der Waals surface area (Å²) in [5.41, 5.74) is 7.26. The van der Waals surface area contributed by atoms with E-state index in [-0.39, 0.29) is 22.2 Å². The highest BCUT2D eigenvalue weighted by molar-refractivity contribution is 7.90. The van der Waals surface area contributed by atoms with Crippen LogP contribution in [0, 0.1) is 0 Å². The highest BCUT2D eigenvalue weighted by Crippen LogP contribution is 2.30. The normalized spacial score (nSPS) is 11.9. The van der Waals surface area contributed by atoms with Crippen LogP contribution in [0.4, 0.5) is 5.69 Å². The zero-order chi connectivity index (χ0) is 15.2. The molecule has 0 atom stereocenters. The first-order valence-corrected chi connectivity index (χ1v) is 7.93. The first kappa shape index (κ1) is 13.4. The van der Waals surface area contributed by atoms with Gasteiger partial charge in [0.2, 0.25) is 5.89 Å². The summed E-state index contributed by atoms with van der Waals surface area (Å²) < 4.78 is 28.6. The van der Waals surface area contributed by atoms with Gasteiger partial charge in [-0.2, -0.15) is 0 Å². The summed E-state index contributed by atoms with van der Waals surface area (Å²) in [7, 11) is -3.30. The summed E-state index contributed by atoms with van der Waals surface area (Å²) in [4.78, 5) is 4.42. The highest BCUT2D eigenvalue weighted by Gasteiger charge is 2.13. The molecule has 0 radical (unpaired) electrons. The van der Waals surface area contributed by atoms with Crippen LogP contribution in [0.5, 0.6) is 5.75 Å². The third-order valence-corrected chi connectivity index (χ3v) is 4.17. The number of phenols is 1. The zero-order valence-corrected chi connectivity index (χ0v) is 11.9. The van der Waals surface area contributed by atoms with E-state index in [1.54, 1.807) is 18.2 Å². The maximum absolute atomic E-state index is 11.5. The molecule has 3 N–H and O–H groups in total. The van der Waals surface area contributed by atoms with Crippen molar-refractivity contribution in [3.05, 3.63) is 36.4 Å². The second-order valence-electron chi connectivity index (χ2n) is 4.69. The Balaban J connectivity index is 2.14. The number of fused-ring (bicyclic) bond motifs is 1. The van der Waals surface area contributed by atoms with E-state index in [1.807, 2.05) is 0 Å². The number of phenolic OH excluding ortho intramolecular Hbond substituents is 1. The Bertz CT molecular complexity index is 945. The van der Waals surface area contributed by atoms with Crippen molar-refractivity contribution in [3.8, 4) is 17.2 Å². The van der Waals surface area contributed by atoms with E-state index in [0.717, 1.165) is 6.26 Å². The van der Waals surface area contributed by atoms with Crippen LogP contribution in [0.1, 0.15) is 0 Å². The van der Waals surface area contributed by atoms with Crippen molar-refractivity contribution in [2.75, 3.05) is 12.0 Å². The fraction of sp³-hybridized carbons (Fsp3) is 0.0714. The molecule has 1 heterocycles. The van der Waals surface area contributed by atoms with Crippen LogP contribution in [-0.2, 0) is 9.84 Å². The van der Waals surface area contributed by atoms with E-state index in [1.165, 1.54) is 18.2 Å². The maximum atomic E-state index is 11.5. The molecular weight excluding hydrogens is 292 g/mol. The molecule has 21 heavy (non-hydrogen) atoms. The van der Waals surface area contributed by atoms with E-state index in [9.17, 15) is 13.5 Å². The fourth-order valence-electron chi connectivity index (χ4n) is 1.94. The molecule has 2 aromatic carbocycles. The Morgan fingerprint density at radius 1 is 1.19 bits per heavy atom. The van der Waals surface area contributed by atoms with Gasteiger partial charge in [-0.05, 0) is 36.4 Å². The number of hydrogen-bond acceptors (Lipinski definition) is 6. The SMILES string of the molecule is CS(=O)(=O)c1ccc2oc(-c3ccc(N)c(O)c3)nc2c1. The van der Waals surface area contributed by atoms with Crippen LogP contribution in [-0.4, -0.2) is 24.8 Å². The number of aromatic hydroxyl groups is 1. The van der Waals surface area contributed by atoms with Crippen molar-refractivity contribution in [1.29, 1.82) is 0 Å². The van der Waals surface area contributed by atoms with Gasteiger partial charge in [0, 0.05) is 11.8 Å². The number of hydrogen-bond donors (Lipinski definition) is 2. The van der Waals surface area contributed by atoms with Crippen molar-refractivity contribution in [2.24, 2.45) is 0 Å². The average Bonchev–Trinajstić information content (AvgIpc) is 2.83. The van der Waals surface area contributed by atoms with E-state index in [0.29, 0.717) is 16.7 Å². The number of oxazole rings is 1. The van der Waals surface area contributed by atoms with Crippen LogP contribution in [0.15, 0.2) is 45.7 Å². The van der Waals surface area contributed by atoms with Crippen LogP contribution in [0.25, 0.3) is 22.6 Å². The molecule has 1 aromatic heterocycles. The fourth-order valence-corrected chi connectivity index (χ4v) is 2.58. The Morgan fingerprint density at radius 3 is 2.62 bits per heavy atom. The van der Waals surface area contributed by atoms with E-state index in [4.69, 9.17) is 10.2 Å². The molecule has 0 aliphatic heterocycles. The Hall–Kier alpha value is -2.54.